The second-order valence-corrected chi connectivity index (χ2v) is 3.77. The number of aromatic nitrogens is 1. The summed E-state index contributed by atoms with van der Waals surface area (Å²) in [5, 5.41) is 8.92. The van der Waals surface area contributed by atoms with Gasteiger partial charge in [0.05, 0.1) is 18.0 Å². The molecule has 0 aliphatic rings. The van der Waals surface area contributed by atoms with E-state index in [0.29, 0.717) is 6.61 Å². The molecule has 0 amide bonds. The van der Waals surface area contributed by atoms with E-state index < -0.39 is 0 Å². The number of nitrogen functional groups attached to an aromatic ring is 1. The van der Waals surface area contributed by atoms with Crippen molar-refractivity contribution in [3.8, 4) is 5.75 Å². The lowest BCUT2D eigenvalue weighted by atomic mass is 10.2. The first-order valence-electron chi connectivity index (χ1n) is 5.56. The first kappa shape index (κ1) is 12.3. The van der Waals surface area contributed by atoms with Crippen LogP contribution in [0.4, 0.5) is 5.69 Å². The molecule has 0 aliphatic carbocycles. The Morgan fingerprint density at radius 3 is 2.67 bits per heavy atom. The molecule has 18 heavy (non-hydrogen) atoms. The summed E-state index contributed by atoms with van der Waals surface area (Å²) in [6.07, 6.45) is 1.67. The Morgan fingerprint density at radius 1 is 1.22 bits per heavy atom. The minimum atomic E-state index is 0.0338. The van der Waals surface area contributed by atoms with Gasteiger partial charge in [0.1, 0.15) is 12.4 Å². The summed E-state index contributed by atoms with van der Waals surface area (Å²) in [5.74, 6) is 6.05. The molecule has 2 rings (SSSR count). The molecule has 4 N–H and O–H groups in total. The first-order valence-corrected chi connectivity index (χ1v) is 5.56. The highest BCUT2D eigenvalue weighted by atomic mass is 16.5. The zero-order valence-electron chi connectivity index (χ0n) is 9.84. The van der Waals surface area contributed by atoms with Crippen LogP contribution in [0, 0.1) is 0 Å². The van der Waals surface area contributed by atoms with Crippen LogP contribution in [0.3, 0.4) is 0 Å². The Kier molecular flexibility index (Phi) is 4.11. The molecule has 0 radical (unpaired) electrons. The number of benzene rings is 1. The van der Waals surface area contributed by atoms with Gasteiger partial charge in [-0.2, -0.15) is 0 Å². The van der Waals surface area contributed by atoms with Gasteiger partial charge in [0, 0.05) is 6.20 Å². The molecule has 0 atom stereocenters. The van der Waals surface area contributed by atoms with Crippen LogP contribution in [-0.4, -0.2) is 10.1 Å². The topological polar surface area (TPSA) is 80.4 Å². The van der Waals surface area contributed by atoms with Gasteiger partial charge in [0.2, 0.25) is 0 Å². The number of hydrogen-bond acceptors (Lipinski definition) is 5. The molecule has 0 saturated heterocycles. The number of aliphatic hydroxyl groups is 1. The summed E-state index contributed by atoms with van der Waals surface area (Å²) in [5.41, 5.74) is 4.99. The van der Waals surface area contributed by atoms with Crippen molar-refractivity contribution < 1.29 is 9.84 Å². The summed E-state index contributed by atoms with van der Waals surface area (Å²) in [7, 11) is 0. The van der Waals surface area contributed by atoms with E-state index in [4.69, 9.17) is 15.7 Å². The van der Waals surface area contributed by atoms with Crippen molar-refractivity contribution in [2.45, 2.75) is 13.2 Å². The maximum atomic E-state index is 8.92. The van der Waals surface area contributed by atoms with Gasteiger partial charge in [-0.15, -0.1) is 0 Å². The minimum Gasteiger partial charge on any atom is -0.487 e. The van der Waals surface area contributed by atoms with E-state index in [0.717, 1.165) is 22.7 Å². The number of hydrogen-bond donors (Lipinski definition) is 3. The van der Waals surface area contributed by atoms with E-state index in [2.05, 4.69) is 10.4 Å². The fraction of sp³-hybridized carbons (Fsp3) is 0.154. The van der Waals surface area contributed by atoms with E-state index in [-0.39, 0.29) is 6.61 Å². The van der Waals surface area contributed by atoms with Gasteiger partial charge >= 0.3 is 0 Å². The molecule has 94 valence electrons. The molecule has 1 heterocycles. The van der Waals surface area contributed by atoms with Crippen molar-refractivity contribution in [3.05, 3.63) is 53.9 Å². The van der Waals surface area contributed by atoms with Crippen molar-refractivity contribution in [2.24, 2.45) is 5.84 Å². The number of ether oxygens (including phenoxy) is 1. The van der Waals surface area contributed by atoms with Crippen molar-refractivity contribution >= 4 is 5.69 Å². The fourth-order valence-electron chi connectivity index (χ4n) is 1.50. The maximum Gasteiger partial charge on any atom is 0.130 e. The quantitative estimate of drug-likeness (QED) is 0.548. The van der Waals surface area contributed by atoms with E-state index in [1.807, 2.05) is 30.3 Å². The van der Waals surface area contributed by atoms with Gasteiger partial charge in [0.15, 0.2) is 0 Å². The average molecular weight is 245 g/mol. The SMILES string of the molecule is NNc1ccnc(COc2ccc(CO)cc2)c1. The largest absolute Gasteiger partial charge is 0.487 e. The zero-order chi connectivity index (χ0) is 12.8. The lowest BCUT2D eigenvalue weighted by molar-refractivity contribution is 0.280. The molecule has 0 spiro atoms. The van der Waals surface area contributed by atoms with Crippen LogP contribution in [0.2, 0.25) is 0 Å². The van der Waals surface area contributed by atoms with E-state index >= 15 is 0 Å². The molecule has 0 saturated carbocycles. The molecule has 2 aromatic rings. The van der Waals surface area contributed by atoms with E-state index in [1.54, 1.807) is 12.3 Å². The highest BCUT2D eigenvalue weighted by Crippen LogP contribution is 2.14. The average Bonchev–Trinajstić information content (AvgIpc) is 2.46. The second-order valence-electron chi connectivity index (χ2n) is 3.77. The lowest BCUT2D eigenvalue weighted by Gasteiger charge is -2.07. The summed E-state index contributed by atoms with van der Waals surface area (Å²) in [4.78, 5) is 4.18. The van der Waals surface area contributed by atoms with Crippen LogP contribution in [-0.2, 0) is 13.2 Å². The van der Waals surface area contributed by atoms with Gasteiger partial charge in [-0.3, -0.25) is 10.8 Å². The van der Waals surface area contributed by atoms with Gasteiger partial charge < -0.3 is 15.3 Å². The van der Waals surface area contributed by atoms with Crippen LogP contribution in [0.15, 0.2) is 42.6 Å². The molecule has 5 heteroatoms. The number of anilines is 1. The van der Waals surface area contributed by atoms with Crippen molar-refractivity contribution in [3.63, 3.8) is 0 Å². The number of nitrogens with zero attached hydrogens (tertiary/aromatic N) is 1. The lowest BCUT2D eigenvalue weighted by Crippen LogP contribution is -2.08. The van der Waals surface area contributed by atoms with Crippen LogP contribution in [0.25, 0.3) is 0 Å². The third-order valence-electron chi connectivity index (χ3n) is 2.48. The second kappa shape index (κ2) is 6.00. The first-order chi connectivity index (χ1) is 8.81. The fourth-order valence-corrected chi connectivity index (χ4v) is 1.50. The Morgan fingerprint density at radius 2 is 2.00 bits per heavy atom. The molecule has 0 unspecified atom stereocenters. The van der Waals surface area contributed by atoms with Gasteiger partial charge in [-0.25, -0.2) is 0 Å². The minimum absolute atomic E-state index is 0.0338. The number of nitrogens with two attached hydrogens (primary N) is 1. The smallest absolute Gasteiger partial charge is 0.130 e. The predicted molar refractivity (Wildman–Crippen MR) is 68.7 cm³/mol. The molecule has 1 aromatic heterocycles. The number of nitrogens with one attached hydrogen (secondary N) is 1. The van der Waals surface area contributed by atoms with Crippen molar-refractivity contribution in [2.75, 3.05) is 5.43 Å². The Labute approximate surface area is 105 Å². The Bertz CT molecular complexity index is 500. The molecular formula is C13H15N3O2. The molecule has 0 fully saturated rings. The van der Waals surface area contributed by atoms with Gasteiger partial charge in [-0.1, -0.05) is 12.1 Å². The van der Waals surface area contributed by atoms with Crippen LogP contribution < -0.4 is 16.0 Å². The summed E-state index contributed by atoms with van der Waals surface area (Å²) in [6, 6.07) is 10.9. The van der Waals surface area contributed by atoms with Crippen LogP contribution in [0.1, 0.15) is 11.3 Å². The number of pyridine rings is 1. The normalized spacial score (nSPS) is 10.1. The summed E-state index contributed by atoms with van der Waals surface area (Å²) in [6.45, 7) is 0.403. The number of rotatable bonds is 5. The molecular weight excluding hydrogens is 230 g/mol. The van der Waals surface area contributed by atoms with Crippen LogP contribution >= 0.6 is 0 Å². The summed E-state index contributed by atoms with van der Waals surface area (Å²) < 4.78 is 5.58. The molecule has 0 aliphatic heterocycles. The predicted octanol–water partition coefficient (Wildman–Crippen LogP) is 1.44. The monoisotopic (exact) mass is 245 g/mol. The van der Waals surface area contributed by atoms with E-state index in [1.165, 1.54) is 0 Å². The van der Waals surface area contributed by atoms with Crippen LogP contribution in [0.5, 0.6) is 5.75 Å². The van der Waals surface area contributed by atoms with Crippen molar-refractivity contribution in [1.82, 2.24) is 4.98 Å². The maximum absolute atomic E-state index is 8.92. The highest BCUT2D eigenvalue weighted by Gasteiger charge is 1.99. The van der Waals surface area contributed by atoms with Gasteiger partial charge in [-0.05, 0) is 29.8 Å². The number of aliphatic hydroxyl groups excluding tert-OH is 1. The van der Waals surface area contributed by atoms with E-state index in [9.17, 15) is 0 Å². The molecule has 5 nitrogen and oxygen atoms in total. The summed E-state index contributed by atoms with van der Waals surface area (Å²) >= 11 is 0. The third kappa shape index (κ3) is 3.19. The van der Waals surface area contributed by atoms with Gasteiger partial charge in [0.25, 0.3) is 0 Å². The Hall–Kier alpha value is -2.11. The highest BCUT2D eigenvalue weighted by molar-refractivity contribution is 5.41. The molecule has 1 aromatic carbocycles. The zero-order valence-corrected chi connectivity index (χ0v) is 9.84. The number of hydrazine groups is 1. The molecule has 0 bridgehead atoms. The van der Waals surface area contributed by atoms with Crippen molar-refractivity contribution in [1.29, 1.82) is 0 Å². The third-order valence-corrected chi connectivity index (χ3v) is 2.48. The standard InChI is InChI=1S/C13H15N3O2/c14-16-11-5-6-15-12(7-11)9-18-13-3-1-10(8-17)2-4-13/h1-7,17H,8-9,14H2,(H,15,16). The Balaban J connectivity index is 1.97.